The van der Waals surface area contributed by atoms with Gasteiger partial charge in [-0.2, -0.15) is 0 Å². The largest absolute Gasteiger partial charge is 0.484 e. The molecular formula is C12H18N3O+. The molecule has 4 heteroatoms. The molecule has 2 heterocycles. The molecule has 16 heavy (non-hydrogen) atoms. The van der Waals surface area contributed by atoms with Crippen molar-refractivity contribution in [2.24, 2.45) is 14.1 Å². The molecule has 0 spiro atoms. The van der Waals surface area contributed by atoms with E-state index in [-0.39, 0.29) is 5.60 Å². The van der Waals surface area contributed by atoms with E-state index in [0.29, 0.717) is 0 Å². The molecule has 2 rings (SSSR count). The summed E-state index contributed by atoms with van der Waals surface area (Å²) in [6.45, 7) is 6.11. The maximum atomic E-state index is 5.83. The third kappa shape index (κ3) is 2.01. The van der Waals surface area contributed by atoms with Gasteiger partial charge in [0.2, 0.25) is 0 Å². The summed E-state index contributed by atoms with van der Waals surface area (Å²) in [5.74, 6) is 0.848. The van der Waals surface area contributed by atoms with Crippen LogP contribution in [-0.2, 0) is 14.1 Å². The van der Waals surface area contributed by atoms with Gasteiger partial charge >= 0.3 is 5.65 Å². The highest BCUT2D eigenvalue weighted by atomic mass is 16.5. The zero-order chi connectivity index (χ0) is 11.9. The highest BCUT2D eigenvalue weighted by molar-refractivity contribution is 5.68. The fraction of sp³-hybridized carbons (Fsp3) is 0.500. The van der Waals surface area contributed by atoms with Crippen LogP contribution in [0.25, 0.3) is 11.2 Å². The molecule has 0 atom stereocenters. The Morgan fingerprint density at radius 2 is 2.06 bits per heavy atom. The summed E-state index contributed by atoms with van der Waals surface area (Å²) < 4.78 is 9.86. The van der Waals surface area contributed by atoms with Crippen molar-refractivity contribution < 1.29 is 9.30 Å². The number of aromatic nitrogens is 3. The van der Waals surface area contributed by atoms with Gasteiger partial charge in [-0.05, 0) is 20.8 Å². The molecule has 0 aromatic carbocycles. The molecule has 0 bridgehead atoms. The summed E-state index contributed by atoms with van der Waals surface area (Å²) in [6, 6.07) is 1.97. The van der Waals surface area contributed by atoms with Crippen LogP contribution < -0.4 is 9.30 Å². The second-order valence-electron chi connectivity index (χ2n) is 5.07. The lowest BCUT2D eigenvalue weighted by molar-refractivity contribution is -0.648. The van der Waals surface area contributed by atoms with Gasteiger partial charge in [0.15, 0.2) is 17.6 Å². The molecule has 0 aliphatic rings. The summed E-state index contributed by atoms with van der Waals surface area (Å²) in [6.07, 6.45) is 3.79. The zero-order valence-electron chi connectivity index (χ0n) is 10.5. The van der Waals surface area contributed by atoms with Gasteiger partial charge in [0.05, 0.1) is 14.1 Å². The maximum Gasteiger partial charge on any atom is 0.308 e. The van der Waals surface area contributed by atoms with Crippen molar-refractivity contribution in [3.63, 3.8) is 0 Å². The Morgan fingerprint density at radius 1 is 1.38 bits per heavy atom. The number of rotatable bonds is 1. The predicted molar refractivity (Wildman–Crippen MR) is 62.3 cm³/mol. The van der Waals surface area contributed by atoms with Gasteiger partial charge in [-0.15, -0.1) is 0 Å². The van der Waals surface area contributed by atoms with Crippen molar-refractivity contribution in [1.82, 2.24) is 9.55 Å². The van der Waals surface area contributed by atoms with Crippen LogP contribution in [0.4, 0.5) is 0 Å². The van der Waals surface area contributed by atoms with Crippen molar-refractivity contribution in [3.8, 4) is 5.75 Å². The lowest BCUT2D eigenvalue weighted by Crippen LogP contribution is -2.32. The molecule has 2 aromatic rings. The van der Waals surface area contributed by atoms with E-state index in [0.717, 1.165) is 16.9 Å². The Kier molecular flexibility index (Phi) is 2.37. The Hall–Kier alpha value is -1.58. The average Bonchev–Trinajstić information content (AvgIpc) is 2.44. The molecule has 0 radical (unpaired) electrons. The van der Waals surface area contributed by atoms with Gasteiger partial charge in [-0.3, -0.25) is 0 Å². The van der Waals surface area contributed by atoms with Crippen LogP contribution in [0.5, 0.6) is 5.75 Å². The Labute approximate surface area is 95.5 Å². The number of nitrogens with zero attached hydrogens (tertiary/aromatic N) is 3. The first-order chi connectivity index (χ1) is 7.37. The minimum Gasteiger partial charge on any atom is -0.484 e. The number of pyridine rings is 1. The molecule has 0 aliphatic carbocycles. The minimum atomic E-state index is -0.185. The van der Waals surface area contributed by atoms with E-state index in [4.69, 9.17) is 4.74 Å². The summed E-state index contributed by atoms with van der Waals surface area (Å²) in [7, 11) is 3.99. The van der Waals surface area contributed by atoms with Crippen molar-refractivity contribution in [1.29, 1.82) is 0 Å². The van der Waals surface area contributed by atoms with E-state index in [1.54, 1.807) is 0 Å². The molecule has 2 aromatic heterocycles. The van der Waals surface area contributed by atoms with Gasteiger partial charge < -0.3 is 4.74 Å². The summed E-state index contributed by atoms with van der Waals surface area (Å²) in [5.41, 5.74) is 1.85. The second kappa shape index (κ2) is 3.47. The van der Waals surface area contributed by atoms with E-state index in [2.05, 4.69) is 4.98 Å². The van der Waals surface area contributed by atoms with Crippen molar-refractivity contribution in [2.45, 2.75) is 26.4 Å². The van der Waals surface area contributed by atoms with Crippen LogP contribution in [0.15, 0.2) is 18.6 Å². The first-order valence-electron chi connectivity index (χ1n) is 5.36. The van der Waals surface area contributed by atoms with Crippen LogP contribution in [-0.4, -0.2) is 15.2 Å². The first kappa shape index (κ1) is 10.9. The fourth-order valence-electron chi connectivity index (χ4n) is 1.81. The Morgan fingerprint density at radius 3 is 2.69 bits per heavy atom. The average molecular weight is 220 g/mol. The van der Waals surface area contributed by atoms with Gasteiger partial charge in [0.1, 0.15) is 11.8 Å². The summed E-state index contributed by atoms with van der Waals surface area (Å²) in [5, 5.41) is 0. The maximum absolute atomic E-state index is 5.83. The van der Waals surface area contributed by atoms with E-state index >= 15 is 0 Å². The highest BCUT2D eigenvalue weighted by Gasteiger charge is 2.17. The number of imidazole rings is 1. The summed E-state index contributed by atoms with van der Waals surface area (Å²) in [4.78, 5) is 4.33. The fourth-order valence-corrected chi connectivity index (χ4v) is 1.81. The van der Waals surface area contributed by atoms with Crippen LogP contribution >= 0.6 is 0 Å². The number of hydrogen-bond donors (Lipinski definition) is 0. The normalized spacial score (nSPS) is 12.1. The van der Waals surface area contributed by atoms with Crippen LogP contribution in [0.3, 0.4) is 0 Å². The highest BCUT2D eigenvalue weighted by Crippen LogP contribution is 2.19. The quantitative estimate of drug-likeness (QED) is 0.683. The molecule has 0 N–H and O–H groups in total. The molecule has 86 valence electrons. The third-order valence-corrected chi connectivity index (χ3v) is 2.29. The molecule has 0 saturated heterocycles. The van der Waals surface area contributed by atoms with Crippen LogP contribution in [0.1, 0.15) is 20.8 Å². The van der Waals surface area contributed by atoms with Crippen molar-refractivity contribution >= 4 is 11.2 Å². The monoisotopic (exact) mass is 220 g/mol. The predicted octanol–water partition coefficient (Wildman–Crippen LogP) is 1.58. The van der Waals surface area contributed by atoms with Gasteiger partial charge in [0, 0.05) is 6.07 Å². The lowest BCUT2D eigenvalue weighted by atomic mass is 10.2. The smallest absolute Gasteiger partial charge is 0.308 e. The zero-order valence-corrected chi connectivity index (χ0v) is 10.5. The number of fused-ring (bicyclic) bond motifs is 1. The van der Waals surface area contributed by atoms with E-state index in [1.807, 2.05) is 62.6 Å². The summed E-state index contributed by atoms with van der Waals surface area (Å²) >= 11 is 0. The molecule has 0 amide bonds. The number of ether oxygens (including phenoxy) is 1. The first-order valence-corrected chi connectivity index (χ1v) is 5.36. The van der Waals surface area contributed by atoms with Crippen LogP contribution in [0, 0.1) is 0 Å². The molecule has 4 nitrogen and oxygen atoms in total. The minimum absolute atomic E-state index is 0.185. The van der Waals surface area contributed by atoms with Gasteiger partial charge in [0.25, 0.3) is 0 Å². The molecule has 0 saturated carbocycles. The van der Waals surface area contributed by atoms with Crippen molar-refractivity contribution in [3.05, 3.63) is 18.6 Å². The third-order valence-electron chi connectivity index (χ3n) is 2.29. The molecule has 0 unspecified atom stereocenters. The van der Waals surface area contributed by atoms with Crippen molar-refractivity contribution in [2.75, 3.05) is 0 Å². The Balaban J connectivity index is 2.51. The Bertz CT molecular complexity index is 523. The second-order valence-corrected chi connectivity index (χ2v) is 5.07. The topological polar surface area (TPSA) is 30.9 Å². The SMILES string of the molecule is Cn1cnc2cc(OC(C)(C)C)c[n+](C)c21. The molecule has 0 fully saturated rings. The van der Waals surface area contributed by atoms with Gasteiger partial charge in [-0.1, -0.05) is 0 Å². The standard InChI is InChI=1S/C12H18N3O/c1-12(2,3)16-9-6-10-11(14(4)7-9)15(5)8-13-10/h6-8H,1-5H3/q+1. The van der Waals surface area contributed by atoms with E-state index in [1.165, 1.54) is 0 Å². The lowest BCUT2D eigenvalue weighted by Gasteiger charge is -2.20. The molecular weight excluding hydrogens is 202 g/mol. The number of hydrogen-bond acceptors (Lipinski definition) is 2. The van der Waals surface area contributed by atoms with Gasteiger partial charge in [-0.25, -0.2) is 14.1 Å². The molecule has 0 aliphatic heterocycles. The number of aryl methyl sites for hydroxylation is 2. The van der Waals surface area contributed by atoms with E-state index < -0.39 is 0 Å². The van der Waals surface area contributed by atoms with E-state index in [9.17, 15) is 0 Å². The van der Waals surface area contributed by atoms with Crippen LogP contribution in [0.2, 0.25) is 0 Å².